The van der Waals surface area contributed by atoms with Gasteiger partial charge in [0.25, 0.3) is 5.91 Å². The second-order valence-electron chi connectivity index (χ2n) is 9.52. The number of amides is 1. The Kier molecular flexibility index (Phi) is 9.98. The highest BCUT2D eigenvalue weighted by atomic mass is 35.5. The number of nitrogen functional groups attached to an aromatic ring is 1. The first-order chi connectivity index (χ1) is 19.0. The number of carbonyl (C=O) groups is 1. The molecular formula is C31H37ClN4O3. The van der Waals surface area contributed by atoms with E-state index in [0.29, 0.717) is 40.0 Å². The Labute approximate surface area is 235 Å². The average molecular weight is 549 g/mol. The van der Waals surface area contributed by atoms with Crippen molar-refractivity contribution in [1.29, 1.82) is 5.41 Å². The van der Waals surface area contributed by atoms with Gasteiger partial charge < -0.3 is 20.5 Å². The summed E-state index contributed by atoms with van der Waals surface area (Å²) in [6.07, 6.45) is 2.19. The van der Waals surface area contributed by atoms with Crippen LogP contribution in [0.4, 0.5) is 5.69 Å². The van der Waals surface area contributed by atoms with E-state index in [1.54, 1.807) is 24.3 Å². The number of piperidine rings is 1. The Morgan fingerprint density at radius 3 is 2.36 bits per heavy atom. The fraction of sp³-hybridized carbons (Fsp3) is 0.355. The molecule has 2 aliphatic rings. The van der Waals surface area contributed by atoms with Crippen LogP contribution in [0.2, 0.25) is 5.02 Å². The number of likely N-dealkylation sites (tertiary alicyclic amines) is 1. The SMILES string of the molecule is CC.N=C(c1ccc(OC2CCN(C3COC3)CC2)cc1)c1cc(C(=O)NCc2ccccc2Cl)ccc1N. The van der Waals surface area contributed by atoms with Crippen molar-refractivity contribution >= 4 is 28.9 Å². The number of hydrogen-bond acceptors (Lipinski definition) is 6. The lowest BCUT2D eigenvalue weighted by atomic mass is 9.98. The molecular weight excluding hydrogens is 512 g/mol. The smallest absolute Gasteiger partial charge is 0.251 e. The van der Waals surface area contributed by atoms with Crippen LogP contribution in [-0.2, 0) is 11.3 Å². The standard InChI is InChI=1S/C29H31ClN4O3.C2H6/c30-26-4-2-1-3-21(26)16-33-29(35)20-7-10-27(31)25(15-20)28(32)19-5-8-23(9-6-19)37-24-11-13-34(14-12-24)22-17-36-18-22;1-2/h1-10,15,22,24,32H,11-14,16-18,31H2,(H,33,35);1-2H3. The molecule has 0 unspecified atom stereocenters. The fourth-order valence-corrected chi connectivity index (χ4v) is 4.88. The van der Waals surface area contributed by atoms with Crippen LogP contribution in [0.15, 0.2) is 66.7 Å². The number of nitrogens with one attached hydrogen (secondary N) is 2. The van der Waals surface area contributed by atoms with E-state index in [-0.39, 0.29) is 17.7 Å². The Morgan fingerprint density at radius 1 is 1.05 bits per heavy atom. The highest BCUT2D eigenvalue weighted by Gasteiger charge is 2.30. The van der Waals surface area contributed by atoms with Crippen LogP contribution in [0.5, 0.6) is 5.75 Å². The maximum Gasteiger partial charge on any atom is 0.251 e. The molecule has 5 rings (SSSR count). The Morgan fingerprint density at radius 2 is 1.72 bits per heavy atom. The summed E-state index contributed by atoms with van der Waals surface area (Å²) in [5.74, 6) is 0.538. The van der Waals surface area contributed by atoms with E-state index in [9.17, 15) is 4.79 Å². The molecule has 0 saturated carbocycles. The van der Waals surface area contributed by atoms with Gasteiger partial charge in [-0.25, -0.2) is 0 Å². The number of anilines is 1. The maximum atomic E-state index is 12.8. The molecule has 4 N–H and O–H groups in total. The predicted molar refractivity (Wildman–Crippen MR) is 157 cm³/mol. The molecule has 0 aromatic heterocycles. The summed E-state index contributed by atoms with van der Waals surface area (Å²) >= 11 is 6.19. The van der Waals surface area contributed by atoms with Crippen LogP contribution >= 0.6 is 11.6 Å². The van der Waals surface area contributed by atoms with Gasteiger partial charge in [0, 0.05) is 47.0 Å². The first-order valence-electron chi connectivity index (χ1n) is 13.6. The monoisotopic (exact) mass is 548 g/mol. The van der Waals surface area contributed by atoms with Crippen molar-refractivity contribution in [2.75, 3.05) is 32.0 Å². The molecule has 0 radical (unpaired) electrons. The van der Waals surface area contributed by atoms with Gasteiger partial charge in [-0.15, -0.1) is 0 Å². The molecule has 206 valence electrons. The van der Waals surface area contributed by atoms with E-state index in [2.05, 4.69) is 10.2 Å². The van der Waals surface area contributed by atoms with E-state index < -0.39 is 0 Å². The van der Waals surface area contributed by atoms with Crippen LogP contribution in [0.3, 0.4) is 0 Å². The van der Waals surface area contributed by atoms with Crippen molar-refractivity contribution in [2.24, 2.45) is 0 Å². The quantitative estimate of drug-likeness (QED) is 0.253. The fourth-order valence-electron chi connectivity index (χ4n) is 4.67. The summed E-state index contributed by atoms with van der Waals surface area (Å²) < 4.78 is 11.5. The van der Waals surface area contributed by atoms with Gasteiger partial charge in [0.1, 0.15) is 11.9 Å². The molecule has 2 fully saturated rings. The zero-order chi connectivity index (χ0) is 27.8. The van der Waals surface area contributed by atoms with E-state index in [4.69, 9.17) is 32.2 Å². The molecule has 8 heteroatoms. The predicted octanol–water partition coefficient (Wildman–Crippen LogP) is 5.54. The van der Waals surface area contributed by atoms with Crippen molar-refractivity contribution in [1.82, 2.24) is 10.2 Å². The Hall–Kier alpha value is -3.39. The van der Waals surface area contributed by atoms with Gasteiger partial charge in [-0.05, 0) is 66.9 Å². The number of ether oxygens (including phenoxy) is 2. The minimum absolute atomic E-state index is 0.194. The molecule has 0 spiro atoms. The third-order valence-corrected chi connectivity index (χ3v) is 7.41. The normalized spacial score (nSPS) is 16.0. The molecule has 3 aromatic rings. The van der Waals surface area contributed by atoms with Gasteiger partial charge in [0.2, 0.25) is 0 Å². The Bertz CT molecular complexity index is 1270. The summed E-state index contributed by atoms with van der Waals surface area (Å²) in [5.41, 5.74) is 9.35. The molecule has 7 nitrogen and oxygen atoms in total. The van der Waals surface area contributed by atoms with Gasteiger partial charge in [-0.1, -0.05) is 43.6 Å². The second-order valence-corrected chi connectivity index (χ2v) is 9.93. The summed E-state index contributed by atoms with van der Waals surface area (Å²) in [5, 5.41) is 12.2. The lowest BCUT2D eigenvalue weighted by molar-refractivity contribution is -0.0778. The van der Waals surface area contributed by atoms with Gasteiger partial charge >= 0.3 is 0 Å². The number of hydrogen-bond donors (Lipinski definition) is 3. The molecule has 0 bridgehead atoms. The third kappa shape index (κ3) is 7.18. The zero-order valence-electron chi connectivity index (χ0n) is 22.6. The minimum atomic E-state index is -0.256. The lowest BCUT2D eigenvalue weighted by Crippen LogP contribution is -2.52. The second kappa shape index (κ2) is 13.6. The van der Waals surface area contributed by atoms with E-state index in [1.807, 2.05) is 56.3 Å². The topological polar surface area (TPSA) is 101 Å². The van der Waals surface area contributed by atoms with Gasteiger partial charge in [0.05, 0.1) is 25.0 Å². The summed E-state index contributed by atoms with van der Waals surface area (Å²) in [4.78, 5) is 15.3. The summed E-state index contributed by atoms with van der Waals surface area (Å²) in [7, 11) is 0. The van der Waals surface area contributed by atoms with E-state index in [1.165, 1.54) is 0 Å². The number of nitrogens with two attached hydrogens (primary N) is 1. The van der Waals surface area contributed by atoms with E-state index >= 15 is 0 Å². The first-order valence-corrected chi connectivity index (χ1v) is 13.9. The molecule has 39 heavy (non-hydrogen) atoms. The number of nitrogens with zero attached hydrogens (tertiary/aromatic N) is 1. The molecule has 2 aliphatic heterocycles. The van der Waals surface area contributed by atoms with Crippen LogP contribution in [0, 0.1) is 5.41 Å². The van der Waals surface area contributed by atoms with E-state index in [0.717, 1.165) is 50.5 Å². The van der Waals surface area contributed by atoms with Crippen molar-refractivity contribution in [2.45, 2.75) is 45.4 Å². The van der Waals surface area contributed by atoms with Crippen LogP contribution in [-0.4, -0.2) is 55.0 Å². The molecule has 0 aliphatic carbocycles. The average Bonchev–Trinajstić information content (AvgIpc) is 2.94. The van der Waals surface area contributed by atoms with Gasteiger partial charge in [0.15, 0.2) is 0 Å². The number of carbonyl (C=O) groups excluding carboxylic acids is 1. The van der Waals surface area contributed by atoms with Crippen molar-refractivity contribution in [3.05, 3.63) is 94.0 Å². The molecule has 2 saturated heterocycles. The van der Waals surface area contributed by atoms with Crippen LogP contribution in [0.1, 0.15) is 53.7 Å². The molecule has 1 amide bonds. The number of benzene rings is 3. The van der Waals surface area contributed by atoms with Crippen molar-refractivity contribution in [3.63, 3.8) is 0 Å². The third-order valence-electron chi connectivity index (χ3n) is 7.04. The van der Waals surface area contributed by atoms with Crippen molar-refractivity contribution in [3.8, 4) is 5.75 Å². The summed E-state index contributed by atoms with van der Waals surface area (Å²) in [6.45, 7) is 8.07. The Balaban J connectivity index is 0.00000172. The largest absolute Gasteiger partial charge is 0.490 e. The van der Waals surface area contributed by atoms with Gasteiger partial charge in [-0.3, -0.25) is 15.1 Å². The summed E-state index contributed by atoms with van der Waals surface area (Å²) in [6, 6.07) is 20.5. The lowest BCUT2D eigenvalue weighted by Gasteiger charge is -2.41. The first kappa shape index (κ1) is 28.6. The minimum Gasteiger partial charge on any atom is -0.490 e. The maximum absolute atomic E-state index is 12.8. The highest BCUT2D eigenvalue weighted by Crippen LogP contribution is 2.24. The molecule has 2 heterocycles. The van der Waals surface area contributed by atoms with Crippen LogP contribution < -0.4 is 15.8 Å². The van der Waals surface area contributed by atoms with Gasteiger partial charge in [-0.2, -0.15) is 0 Å². The zero-order valence-corrected chi connectivity index (χ0v) is 23.3. The van der Waals surface area contributed by atoms with Crippen molar-refractivity contribution < 1.29 is 14.3 Å². The highest BCUT2D eigenvalue weighted by molar-refractivity contribution is 6.31. The van der Waals surface area contributed by atoms with Crippen LogP contribution in [0.25, 0.3) is 0 Å². The number of rotatable bonds is 8. The molecule has 0 atom stereocenters. The molecule has 3 aromatic carbocycles. The number of halogens is 1.